The van der Waals surface area contributed by atoms with Crippen LogP contribution in [0.15, 0.2) is 47.5 Å². The molecule has 2 aromatic carbocycles. The van der Waals surface area contributed by atoms with Crippen molar-refractivity contribution in [2.75, 3.05) is 5.32 Å². The number of amides is 2. The average molecular weight is 408 g/mol. The number of amidine groups is 1. The predicted molar refractivity (Wildman–Crippen MR) is 108 cm³/mol. The molecular weight excluding hydrogens is 393 g/mol. The zero-order valence-corrected chi connectivity index (χ0v) is 16.1. The van der Waals surface area contributed by atoms with Gasteiger partial charge in [0, 0.05) is 6.42 Å². The van der Waals surface area contributed by atoms with Crippen molar-refractivity contribution in [2.45, 2.75) is 18.6 Å². The van der Waals surface area contributed by atoms with E-state index < -0.39 is 5.25 Å². The van der Waals surface area contributed by atoms with Gasteiger partial charge in [0.05, 0.1) is 21.4 Å². The van der Waals surface area contributed by atoms with Crippen LogP contribution in [0.4, 0.5) is 11.4 Å². The summed E-state index contributed by atoms with van der Waals surface area (Å²) in [7, 11) is 0. The molecule has 1 heterocycles. The van der Waals surface area contributed by atoms with E-state index >= 15 is 0 Å². The number of nitrogens with one attached hydrogen (secondary N) is 2. The number of rotatable bonds is 4. The molecule has 0 bridgehead atoms. The maximum Gasteiger partial charge on any atom is 0.240 e. The van der Waals surface area contributed by atoms with Gasteiger partial charge >= 0.3 is 0 Å². The maximum absolute atomic E-state index is 12.2. The summed E-state index contributed by atoms with van der Waals surface area (Å²) >= 11 is 13.2. The van der Waals surface area contributed by atoms with Crippen LogP contribution < -0.4 is 10.6 Å². The van der Waals surface area contributed by atoms with E-state index in [4.69, 9.17) is 23.2 Å². The van der Waals surface area contributed by atoms with Gasteiger partial charge in [-0.15, -0.1) is 0 Å². The molecule has 1 aliphatic rings. The molecule has 5 nitrogen and oxygen atoms in total. The van der Waals surface area contributed by atoms with E-state index in [-0.39, 0.29) is 23.3 Å². The van der Waals surface area contributed by atoms with Crippen molar-refractivity contribution in [1.82, 2.24) is 5.32 Å². The zero-order chi connectivity index (χ0) is 18.7. The van der Waals surface area contributed by atoms with Gasteiger partial charge in [-0.3, -0.25) is 9.59 Å². The van der Waals surface area contributed by atoms with Gasteiger partial charge in [0.2, 0.25) is 11.8 Å². The molecule has 2 N–H and O–H groups in total. The Morgan fingerprint density at radius 3 is 2.69 bits per heavy atom. The molecular formula is C18H15Cl2N3O2S. The summed E-state index contributed by atoms with van der Waals surface area (Å²) < 4.78 is 0. The van der Waals surface area contributed by atoms with Gasteiger partial charge in [-0.1, -0.05) is 58.7 Å². The summed E-state index contributed by atoms with van der Waals surface area (Å²) in [5.74, 6) is -0.563. The van der Waals surface area contributed by atoms with Crippen LogP contribution >= 0.6 is 35.0 Å². The molecule has 1 atom stereocenters. The molecule has 0 radical (unpaired) electrons. The van der Waals surface area contributed by atoms with Crippen LogP contribution in [0, 0.1) is 6.92 Å². The highest BCUT2D eigenvalue weighted by molar-refractivity contribution is 8.15. The Morgan fingerprint density at radius 1 is 1.23 bits per heavy atom. The molecule has 1 aliphatic heterocycles. The van der Waals surface area contributed by atoms with Gasteiger partial charge in [0.1, 0.15) is 5.25 Å². The first-order valence-corrected chi connectivity index (χ1v) is 9.42. The smallest absolute Gasteiger partial charge is 0.240 e. The monoisotopic (exact) mass is 407 g/mol. The summed E-state index contributed by atoms with van der Waals surface area (Å²) in [4.78, 5) is 28.7. The Bertz CT molecular complexity index is 885. The third-order valence-corrected chi connectivity index (χ3v) is 5.54. The number of carbonyl (C=O) groups is 2. The molecule has 0 unspecified atom stereocenters. The van der Waals surface area contributed by atoms with E-state index in [9.17, 15) is 9.59 Å². The van der Waals surface area contributed by atoms with E-state index in [2.05, 4.69) is 15.6 Å². The molecule has 0 saturated carbocycles. The maximum atomic E-state index is 12.2. The number of anilines is 1. The van der Waals surface area contributed by atoms with Crippen LogP contribution in [-0.2, 0) is 9.59 Å². The lowest BCUT2D eigenvalue weighted by atomic mass is 10.2. The first-order chi connectivity index (χ1) is 12.4. The summed E-state index contributed by atoms with van der Waals surface area (Å²) in [6.07, 6.45) is 0.00621. The number of hydrogen-bond donors (Lipinski definition) is 2. The topological polar surface area (TPSA) is 70.6 Å². The third-order valence-electron chi connectivity index (χ3n) is 3.64. The van der Waals surface area contributed by atoms with Gasteiger partial charge < -0.3 is 10.6 Å². The molecule has 2 amide bonds. The SMILES string of the molecule is Cc1ccc(N=C2NC(=O)[C@@H](CC(=O)Nc3cccc(Cl)c3Cl)S2)cc1. The summed E-state index contributed by atoms with van der Waals surface area (Å²) in [5.41, 5.74) is 2.29. The Hall–Kier alpha value is -2.02. The Kier molecular flexibility index (Phi) is 5.86. The van der Waals surface area contributed by atoms with Crippen LogP contribution in [0.1, 0.15) is 12.0 Å². The Morgan fingerprint density at radius 2 is 1.96 bits per heavy atom. The number of aryl methyl sites for hydroxylation is 1. The number of halogens is 2. The quantitative estimate of drug-likeness (QED) is 0.780. The average Bonchev–Trinajstić information content (AvgIpc) is 2.93. The predicted octanol–water partition coefficient (Wildman–Crippen LogP) is 4.55. The minimum absolute atomic E-state index is 0.00621. The highest BCUT2D eigenvalue weighted by atomic mass is 35.5. The van der Waals surface area contributed by atoms with E-state index in [1.54, 1.807) is 18.2 Å². The lowest BCUT2D eigenvalue weighted by Gasteiger charge is -2.09. The zero-order valence-electron chi connectivity index (χ0n) is 13.8. The fourth-order valence-electron chi connectivity index (χ4n) is 2.30. The fraction of sp³-hybridized carbons (Fsp3) is 0.167. The molecule has 3 rings (SSSR count). The number of hydrogen-bond acceptors (Lipinski definition) is 4. The molecule has 1 saturated heterocycles. The third kappa shape index (κ3) is 4.58. The van der Waals surface area contributed by atoms with Crippen molar-refractivity contribution in [2.24, 2.45) is 4.99 Å². The molecule has 8 heteroatoms. The van der Waals surface area contributed by atoms with E-state index in [1.165, 1.54) is 11.8 Å². The minimum atomic E-state index is -0.544. The number of aliphatic imine (C=N–C) groups is 1. The number of thioether (sulfide) groups is 1. The van der Waals surface area contributed by atoms with E-state index in [0.717, 1.165) is 11.3 Å². The van der Waals surface area contributed by atoms with Gasteiger partial charge in [-0.2, -0.15) is 0 Å². The normalized spacial score (nSPS) is 18.0. The number of benzene rings is 2. The van der Waals surface area contributed by atoms with Crippen molar-refractivity contribution >= 4 is 63.3 Å². The van der Waals surface area contributed by atoms with Crippen LogP contribution in [0.2, 0.25) is 10.0 Å². The standard InChI is InChI=1S/C18H15Cl2N3O2S/c1-10-5-7-11(8-6-10)21-18-23-17(25)14(26-18)9-15(24)22-13-4-2-3-12(19)16(13)20/h2-8,14H,9H2,1H3,(H,22,24)(H,21,23,25)/t14-/m1/s1. The van der Waals surface area contributed by atoms with Crippen LogP contribution in [-0.4, -0.2) is 22.2 Å². The van der Waals surface area contributed by atoms with Crippen molar-refractivity contribution in [3.63, 3.8) is 0 Å². The first-order valence-electron chi connectivity index (χ1n) is 7.79. The summed E-state index contributed by atoms with van der Waals surface area (Å²) in [5, 5.41) is 5.95. The van der Waals surface area contributed by atoms with E-state index in [0.29, 0.717) is 15.9 Å². The highest BCUT2D eigenvalue weighted by Gasteiger charge is 2.32. The molecule has 134 valence electrons. The minimum Gasteiger partial charge on any atom is -0.325 e. The van der Waals surface area contributed by atoms with Crippen LogP contribution in [0.5, 0.6) is 0 Å². The molecule has 0 aromatic heterocycles. The lowest BCUT2D eigenvalue weighted by Crippen LogP contribution is -2.28. The van der Waals surface area contributed by atoms with Crippen molar-refractivity contribution in [3.05, 3.63) is 58.1 Å². The van der Waals surface area contributed by atoms with Gasteiger partial charge in [-0.25, -0.2) is 4.99 Å². The van der Waals surface area contributed by atoms with Crippen molar-refractivity contribution < 1.29 is 9.59 Å². The second-order valence-electron chi connectivity index (χ2n) is 5.70. The Labute approximate surface area is 165 Å². The number of nitrogens with zero attached hydrogens (tertiary/aromatic N) is 1. The molecule has 1 fully saturated rings. The molecule has 0 spiro atoms. The first kappa shape index (κ1) is 18.8. The van der Waals surface area contributed by atoms with Gasteiger partial charge in [-0.05, 0) is 31.2 Å². The Balaban J connectivity index is 1.63. The summed E-state index contributed by atoms with van der Waals surface area (Å²) in [6.45, 7) is 1.99. The molecule has 2 aromatic rings. The van der Waals surface area contributed by atoms with Gasteiger partial charge in [0.15, 0.2) is 5.17 Å². The molecule has 0 aliphatic carbocycles. The van der Waals surface area contributed by atoms with Crippen molar-refractivity contribution in [1.29, 1.82) is 0 Å². The number of carbonyl (C=O) groups excluding carboxylic acids is 2. The highest BCUT2D eigenvalue weighted by Crippen LogP contribution is 2.30. The van der Waals surface area contributed by atoms with Crippen LogP contribution in [0.3, 0.4) is 0 Å². The molecule has 26 heavy (non-hydrogen) atoms. The lowest BCUT2D eigenvalue weighted by molar-refractivity contribution is -0.122. The van der Waals surface area contributed by atoms with Crippen LogP contribution in [0.25, 0.3) is 0 Å². The van der Waals surface area contributed by atoms with E-state index in [1.807, 2.05) is 31.2 Å². The second kappa shape index (κ2) is 8.12. The summed E-state index contributed by atoms with van der Waals surface area (Å²) in [6, 6.07) is 12.6. The van der Waals surface area contributed by atoms with Crippen molar-refractivity contribution in [3.8, 4) is 0 Å². The largest absolute Gasteiger partial charge is 0.325 e. The van der Waals surface area contributed by atoms with Gasteiger partial charge in [0.25, 0.3) is 0 Å². The fourth-order valence-corrected chi connectivity index (χ4v) is 3.63. The second-order valence-corrected chi connectivity index (χ2v) is 7.68.